The predicted octanol–water partition coefficient (Wildman–Crippen LogP) is 1.33. The van der Waals surface area contributed by atoms with E-state index in [4.69, 9.17) is 9.47 Å². The van der Waals surface area contributed by atoms with Crippen molar-refractivity contribution in [2.45, 2.75) is 25.4 Å². The molecule has 3 N–H and O–H groups in total. The van der Waals surface area contributed by atoms with E-state index in [0.29, 0.717) is 37.4 Å². The smallest absolute Gasteiger partial charge is 0.252 e. The molecule has 25 heavy (non-hydrogen) atoms. The van der Waals surface area contributed by atoms with E-state index < -0.39 is 5.60 Å². The summed E-state index contributed by atoms with van der Waals surface area (Å²) in [6.07, 6.45) is 1.32. The lowest BCUT2D eigenvalue weighted by atomic mass is 9.91. The van der Waals surface area contributed by atoms with Gasteiger partial charge in [-0.1, -0.05) is 6.07 Å². The second-order valence-corrected chi connectivity index (χ2v) is 5.76. The Hall–Kier alpha value is -1.83. The van der Waals surface area contributed by atoms with Crippen molar-refractivity contribution in [2.75, 3.05) is 38.7 Å². The predicted molar refractivity (Wildman–Crippen MR) is 98.3 cm³/mol. The van der Waals surface area contributed by atoms with Gasteiger partial charge in [-0.25, -0.2) is 0 Å². The molecule has 1 aliphatic heterocycles. The molecule has 140 valence electrons. The van der Waals surface area contributed by atoms with Crippen LogP contribution in [-0.2, 0) is 14.3 Å². The lowest BCUT2D eigenvalue weighted by Crippen LogP contribution is -2.54. The lowest BCUT2D eigenvalue weighted by Gasteiger charge is -2.34. The fraction of sp³-hybridized carbons (Fsp3) is 0.529. The highest BCUT2D eigenvalue weighted by molar-refractivity contribution is 5.88. The third-order valence-electron chi connectivity index (χ3n) is 4.03. The molecule has 0 aliphatic carbocycles. The van der Waals surface area contributed by atoms with Crippen LogP contribution in [0.5, 0.6) is 5.75 Å². The first-order chi connectivity index (χ1) is 11.6. The van der Waals surface area contributed by atoms with E-state index in [9.17, 15) is 9.59 Å². The van der Waals surface area contributed by atoms with Crippen LogP contribution in [-0.4, -0.2) is 50.8 Å². The number of carbonyl (C=O) groups is 2. The lowest BCUT2D eigenvalue weighted by molar-refractivity contribution is -0.146. The molecular weight excluding hydrogens is 346 g/mol. The summed E-state index contributed by atoms with van der Waals surface area (Å²) >= 11 is 0. The highest BCUT2D eigenvalue weighted by Gasteiger charge is 2.39. The van der Waals surface area contributed by atoms with Crippen molar-refractivity contribution in [2.24, 2.45) is 0 Å². The maximum atomic E-state index is 12.4. The zero-order chi connectivity index (χ0) is 17.4. The van der Waals surface area contributed by atoms with Gasteiger partial charge in [0.1, 0.15) is 18.0 Å². The number of anilines is 1. The molecule has 0 bridgehead atoms. The first-order valence-electron chi connectivity index (χ1n) is 8.10. The zero-order valence-corrected chi connectivity index (χ0v) is 15.4. The van der Waals surface area contributed by atoms with Crippen LogP contribution in [0, 0.1) is 0 Å². The van der Waals surface area contributed by atoms with E-state index in [2.05, 4.69) is 16.0 Å². The summed E-state index contributed by atoms with van der Waals surface area (Å²) in [6.45, 7) is 3.73. The second kappa shape index (κ2) is 10.2. The molecule has 1 aromatic rings. The molecule has 0 saturated carbocycles. The molecule has 1 saturated heterocycles. The Morgan fingerprint density at radius 3 is 2.64 bits per heavy atom. The molecule has 1 heterocycles. The van der Waals surface area contributed by atoms with Gasteiger partial charge in [-0.3, -0.25) is 9.59 Å². The van der Waals surface area contributed by atoms with Crippen molar-refractivity contribution >= 4 is 29.9 Å². The molecule has 0 unspecified atom stereocenters. The Morgan fingerprint density at radius 2 is 2.00 bits per heavy atom. The standard InChI is InChI=1S/C17H25N3O4.ClH/c1-13(21)20-14-4-3-5-15(12-14)24-11-10-19-16(22)17(23-2)6-8-18-9-7-17;/h3-5,12,18H,6-11H2,1-2H3,(H,19,22)(H,20,21);1H. The van der Waals surface area contributed by atoms with E-state index in [-0.39, 0.29) is 24.2 Å². The normalized spacial score (nSPS) is 15.6. The number of hydrogen-bond acceptors (Lipinski definition) is 5. The summed E-state index contributed by atoms with van der Waals surface area (Å²) in [6, 6.07) is 7.13. The maximum Gasteiger partial charge on any atom is 0.252 e. The minimum absolute atomic E-state index is 0. The first kappa shape index (κ1) is 21.2. The summed E-state index contributed by atoms with van der Waals surface area (Å²) in [5.74, 6) is 0.409. The van der Waals surface area contributed by atoms with Crippen molar-refractivity contribution in [1.82, 2.24) is 10.6 Å². The van der Waals surface area contributed by atoms with E-state index in [1.54, 1.807) is 31.4 Å². The number of rotatable bonds is 7. The molecule has 7 nitrogen and oxygen atoms in total. The minimum Gasteiger partial charge on any atom is -0.492 e. The van der Waals surface area contributed by atoms with Crippen LogP contribution in [0.4, 0.5) is 5.69 Å². The largest absolute Gasteiger partial charge is 0.492 e. The van der Waals surface area contributed by atoms with Gasteiger partial charge in [0.15, 0.2) is 0 Å². The van der Waals surface area contributed by atoms with E-state index in [1.165, 1.54) is 6.92 Å². The summed E-state index contributed by atoms with van der Waals surface area (Å²) in [4.78, 5) is 23.4. The fourth-order valence-electron chi connectivity index (χ4n) is 2.72. The van der Waals surface area contributed by atoms with Crippen LogP contribution in [0.2, 0.25) is 0 Å². The number of methoxy groups -OCH3 is 1. The highest BCUT2D eigenvalue weighted by Crippen LogP contribution is 2.22. The molecule has 0 aromatic heterocycles. The Bertz CT molecular complexity index is 577. The highest BCUT2D eigenvalue weighted by atomic mass is 35.5. The maximum absolute atomic E-state index is 12.4. The number of carbonyl (C=O) groups excluding carboxylic acids is 2. The molecule has 2 amide bonds. The van der Waals surface area contributed by atoms with Crippen molar-refractivity contribution in [3.8, 4) is 5.75 Å². The summed E-state index contributed by atoms with van der Waals surface area (Å²) in [5.41, 5.74) is -0.0617. The molecule has 2 rings (SSSR count). The van der Waals surface area contributed by atoms with Crippen LogP contribution in [0.25, 0.3) is 0 Å². The summed E-state index contributed by atoms with van der Waals surface area (Å²) < 4.78 is 11.1. The Kier molecular flexibility index (Phi) is 8.68. The van der Waals surface area contributed by atoms with Crippen molar-refractivity contribution in [3.63, 3.8) is 0 Å². The van der Waals surface area contributed by atoms with Gasteiger partial charge in [-0.05, 0) is 38.1 Å². The molecule has 0 spiro atoms. The molecule has 0 radical (unpaired) electrons. The molecule has 0 atom stereocenters. The SMILES string of the molecule is COC1(C(=O)NCCOc2cccc(NC(C)=O)c2)CCNCC1.Cl. The number of nitrogens with one attached hydrogen (secondary N) is 3. The molecular formula is C17H26ClN3O4. The average molecular weight is 372 g/mol. The fourth-order valence-corrected chi connectivity index (χ4v) is 2.72. The molecule has 1 fully saturated rings. The Labute approximate surface area is 154 Å². The van der Waals surface area contributed by atoms with Crippen LogP contribution in [0.3, 0.4) is 0 Å². The van der Waals surface area contributed by atoms with E-state index >= 15 is 0 Å². The van der Waals surface area contributed by atoms with Gasteiger partial charge in [0.25, 0.3) is 5.91 Å². The number of hydrogen-bond donors (Lipinski definition) is 3. The van der Waals surface area contributed by atoms with Gasteiger partial charge in [-0.15, -0.1) is 12.4 Å². The van der Waals surface area contributed by atoms with Crippen molar-refractivity contribution in [1.29, 1.82) is 0 Å². The van der Waals surface area contributed by atoms with Gasteiger partial charge in [-0.2, -0.15) is 0 Å². The van der Waals surface area contributed by atoms with Gasteiger partial charge < -0.3 is 25.4 Å². The van der Waals surface area contributed by atoms with Crippen LogP contribution >= 0.6 is 12.4 Å². The summed E-state index contributed by atoms with van der Waals surface area (Å²) in [7, 11) is 1.58. The number of halogens is 1. The first-order valence-corrected chi connectivity index (χ1v) is 8.10. The third kappa shape index (κ3) is 6.19. The second-order valence-electron chi connectivity index (χ2n) is 5.76. The molecule has 1 aromatic carbocycles. The number of benzene rings is 1. The van der Waals surface area contributed by atoms with E-state index in [1.807, 2.05) is 0 Å². The van der Waals surface area contributed by atoms with Crippen molar-refractivity contribution in [3.05, 3.63) is 24.3 Å². The van der Waals surface area contributed by atoms with E-state index in [0.717, 1.165) is 13.1 Å². The monoisotopic (exact) mass is 371 g/mol. The van der Waals surface area contributed by atoms with Gasteiger partial charge in [0, 0.05) is 25.8 Å². The zero-order valence-electron chi connectivity index (χ0n) is 14.6. The molecule has 1 aliphatic rings. The quantitative estimate of drug-likeness (QED) is 0.629. The van der Waals surface area contributed by atoms with Gasteiger partial charge in [0.05, 0.1) is 6.54 Å². The summed E-state index contributed by atoms with van der Waals surface area (Å²) in [5, 5.41) is 8.79. The Morgan fingerprint density at radius 1 is 1.28 bits per heavy atom. The Balaban J connectivity index is 0.00000312. The van der Waals surface area contributed by atoms with Gasteiger partial charge >= 0.3 is 0 Å². The average Bonchev–Trinajstić information content (AvgIpc) is 2.59. The number of piperidine rings is 1. The number of amides is 2. The number of ether oxygens (including phenoxy) is 2. The van der Waals surface area contributed by atoms with Crippen LogP contribution in [0.15, 0.2) is 24.3 Å². The van der Waals surface area contributed by atoms with Crippen LogP contribution in [0.1, 0.15) is 19.8 Å². The molecule has 8 heteroatoms. The topological polar surface area (TPSA) is 88.7 Å². The van der Waals surface area contributed by atoms with Crippen LogP contribution < -0.4 is 20.7 Å². The van der Waals surface area contributed by atoms with Crippen molar-refractivity contribution < 1.29 is 19.1 Å². The third-order valence-corrected chi connectivity index (χ3v) is 4.03. The van der Waals surface area contributed by atoms with Gasteiger partial charge in [0.2, 0.25) is 5.91 Å². The minimum atomic E-state index is -0.740.